The molecule has 0 aliphatic heterocycles. The predicted molar refractivity (Wildman–Crippen MR) is 57.4 cm³/mol. The van der Waals surface area contributed by atoms with Gasteiger partial charge in [0.1, 0.15) is 11.6 Å². The first-order valence-corrected chi connectivity index (χ1v) is 4.41. The Morgan fingerprint density at radius 3 is 2.57 bits per heavy atom. The van der Waals surface area contributed by atoms with Gasteiger partial charge >= 0.3 is 0 Å². The summed E-state index contributed by atoms with van der Waals surface area (Å²) < 4.78 is 1.54. The average molecular weight is 209 g/mol. The maximum atomic E-state index is 5.84. The van der Waals surface area contributed by atoms with Crippen molar-refractivity contribution in [3.05, 3.63) is 35.4 Å². The molecule has 1 heterocycles. The molecule has 4 N–H and O–H groups in total. The van der Waals surface area contributed by atoms with Crippen LogP contribution in [0.1, 0.15) is 0 Å². The zero-order valence-corrected chi connectivity index (χ0v) is 8.07. The number of aromatic nitrogens is 2. The highest BCUT2D eigenvalue weighted by Crippen LogP contribution is 2.18. The van der Waals surface area contributed by atoms with Crippen LogP contribution in [-0.2, 0) is 0 Å². The van der Waals surface area contributed by atoms with Gasteiger partial charge in [-0.15, -0.1) is 5.10 Å². The van der Waals surface area contributed by atoms with Crippen molar-refractivity contribution in [2.24, 2.45) is 0 Å². The molecule has 72 valence electrons. The topological polar surface area (TPSA) is 69.9 Å². The summed E-state index contributed by atoms with van der Waals surface area (Å²) in [6.07, 6.45) is 0. The van der Waals surface area contributed by atoms with E-state index in [-0.39, 0.29) is 0 Å². The van der Waals surface area contributed by atoms with Gasteiger partial charge in [0.05, 0.1) is 5.69 Å². The third-order valence-electron chi connectivity index (χ3n) is 1.81. The average Bonchev–Trinajstić information content (AvgIpc) is 2.45. The number of anilines is 2. The van der Waals surface area contributed by atoms with Gasteiger partial charge in [0.2, 0.25) is 0 Å². The standard InChI is InChI=1S/C9H9ClN4/c10-6-2-1-3-7(4-6)14-9(12)5-8(11)13-14/h1-5H,12H2,(H2,11,13). The molecule has 0 aliphatic carbocycles. The third-order valence-corrected chi connectivity index (χ3v) is 2.04. The van der Waals surface area contributed by atoms with Gasteiger partial charge in [-0.1, -0.05) is 17.7 Å². The van der Waals surface area contributed by atoms with Gasteiger partial charge in [0.25, 0.3) is 0 Å². The van der Waals surface area contributed by atoms with Gasteiger partial charge in [0, 0.05) is 11.1 Å². The van der Waals surface area contributed by atoms with Crippen LogP contribution in [0.25, 0.3) is 5.69 Å². The molecule has 0 aliphatic rings. The first-order valence-electron chi connectivity index (χ1n) is 4.04. The molecular formula is C9H9ClN4. The second-order valence-electron chi connectivity index (χ2n) is 2.89. The quantitative estimate of drug-likeness (QED) is 0.749. The van der Waals surface area contributed by atoms with Gasteiger partial charge in [-0.2, -0.15) is 0 Å². The van der Waals surface area contributed by atoms with Crippen LogP contribution in [0.4, 0.5) is 11.6 Å². The first-order chi connectivity index (χ1) is 6.66. The fourth-order valence-electron chi connectivity index (χ4n) is 1.23. The summed E-state index contributed by atoms with van der Waals surface area (Å²) in [5, 5.41) is 4.67. The first kappa shape index (κ1) is 8.90. The monoisotopic (exact) mass is 208 g/mol. The Morgan fingerprint density at radius 2 is 2.00 bits per heavy atom. The van der Waals surface area contributed by atoms with Crippen LogP contribution in [0.15, 0.2) is 30.3 Å². The molecule has 0 spiro atoms. The Balaban J connectivity index is 2.54. The van der Waals surface area contributed by atoms with E-state index in [4.69, 9.17) is 23.1 Å². The molecule has 0 bridgehead atoms. The molecule has 1 aromatic heterocycles. The number of rotatable bonds is 1. The van der Waals surface area contributed by atoms with E-state index in [9.17, 15) is 0 Å². The molecule has 14 heavy (non-hydrogen) atoms. The number of nitrogens with zero attached hydrogens (tertiary/aromatic N) is 2. The highest BCUT2D eigenvalue weighted by molar-refractivity contribution is 6.30. The molecule has 0 radical (unpaired) electrons. The number of nitrogens with two attached hydrogens (primary N) is 2. The minimum Gasteiger partial charge on any atom is -0.384 e. The van der Waals surface area contributed by atoms with E-state index in [0.29, 0.717) is 16.7 Å². The van der Waals surface area contributed by atoms with E-state index < -0.39 is 0 Å². The smallest absolute Gasteiger partial charge is 0.148 e. The summed E-state index contributed by atoms with van der Waals surface area (Å²) in [5.41, 5.74) is 12.0. The molecule has 0 fully saturated rings. The van der Waals surface area contributed by atoms with Crippen LogP contribution < -0.4 is 11.5 Å². The van der Waals surface area contributed by atoms with Gasteiger partial charge in [0.15, 0.2) is 0 Å². The van der Waals surface area contributed by atoms with Crippen molar-refractivity contribution in [3.8, 4) is 5.69 Å². The highest BCUT2D eigenvalue weighted by atomic mass is 35.5. The molecule has 1 aromatic carbocycles. The van der Waals surface area contributed by atoms with E-state index >= 15 is 0 Å². The Hall–Kier alpha value is -1.68. The summed E-state index contributed by atoms with van der Waals surface area (Å²) in [6.45, 7) is 0. The Labute approximate surface area is 86.1 Å². The second-order valence-corrected chi connectivity index (χ2v) is 3.32. The Bertz CT molecular complexity index is 464. The molecule has 0 unspecified atom stereocenters. The van der Waals surface area contributed by atoms with E-state index in [0.717, 1.165) is 5.69 Å². The van der Waals surface area contributed by atoms with E-state index in [2.05, 4.69) is 5.10 Å². The highest BCUT2D eigenvalue weighted by Gasteiger charge is 2.04. The van der Waals surface area contributed by atoms with Crippen molar-refractivity contribution in [2.75, 3.05) is 11.5 Å². The van der Waals surface area contributed by atoms with E-state index in [1.807, 2.05) is 12.1 Å². The maximum Gasteiger partial charge on any atom is 0.148 e. The van der Waals surface area contributed by atoms with Crippen LogP contribution in [0.5, 0.6) is 0 Å². The zero-order chi connectivity index (χ0) is 10.1. The second kappa shape index (κ2) is 3.23. The molecule has 5 heteroatoms. The number of benzene rings is 1. The number of nitrogen functional groups attached to an aromatic ring is 2. The Morgan fingerprint density at radius 1 is 1.21 bits per heavy atom. The lowest BCUT2D eigenvalue weighted by Gasteiger charge is -2.03. The molecular weight excluding hydrogens is 200 g/mol. The van der Waals surface area contributed by atoms with Crippen LogP contribution in [0.2, 0.25) is 5.02 Å². The van der Waals surface area contributed by atoms with Gasteiger partial charge in [-0.25, -0.2) is 4.68 Å². The minimum atomic E-state index is 0.391. The lowest BCUT2D eigenvalue weighted by Crippen LogP contribution is -2.01. The van der Waals surface area contributed by atoms with Crippen molar-refractivity contribution in [2.45, 2.75) is 0 Å². The lowest BCUT2D eigenvalue weighted by molar-refractivity contribution is 0.897. The molecule has 0 amide bonds. The summed E-state index contributed by atoms with van der Waals surface area (Å²) in [4.78, 5) is 0. The molecule has 0 atom stereocenters. The summed E-state index contributed by atoms with van der Waals surface area (Å²) in [7, 11) is 0. The number of hydrogen-bond acceptors (Lipinski definition) is 3. The largest absolute Gasteiger partial charge is 0.384 e. The van der Waals surface area contributed by atoms with Crippen LogP contribution in [0, 0.1) is 0 Å². The number of hydrogen-bond donors (Lipinski definition) is 2. The van der Waals surface area contributed by atoms with Crippen molar-refractivity contribution in [1.82, 2.24) is 9.78 Å². The maximum absolute atomic E-state index is 5.84. The Kier molecular flexibility index (Phi) is 2.05. The van der Waals surface area contributed by atoms with Gasteiger partial charge in [-0.3, -0.25) is 0 Å². The SMILES string of the molecule is Nc1cc(N)n(-c2cccc(Cl)c2)n1. The summed E-state index contributed by atoms with van der Waals surface area (Å²) >= 11 is 5.84. The van der Waals surface area contributed by atoms with Crippen molar-refractivity contribution >= 4 is 23.2 Å². The normalized spacial score (nSPS) is 10.4. The van der Waals surface area contributed by atoms with Crippen LogP contribution in [0.3, 0.4) is 0 Å². The van der Waals surface area contributed by atoms with Crippen molar-refractivity contribution < 1.29 is 0 Å². The fraction of sp³-hybridized carbons (Fsp3) is 0. The lowest BCUT2D eigenvalue weighted by atomic mass is 10.3. The molecule has 2 aromatic rings. The molecule has 0 saturated carbocycles. The van der Waals surface area contributed by atoms with E-state index in [1.54, 1.807) is 22.9 Å². The molecule has 2 rings (SSSR count). The summed E-state index contributed by atoms with van der Waals surface area (Å²) in [6, 6.07) is 8.84. The fourth-order valence-corrected chi connectivity index (χ4v) is 1.41. The third kappa shape index (κ3) is 1.52. The van der Waals surface area contributed by atoms with Crippen molar-refractivity contribution in [1.29, 1.82) is 0 Å². The van der Waals surface area contributed by atoms with Crippen LogP contribution >= 0.6 is 11.6 Å². The molecule has 4 nitrogen and oxygen atoms in total. The van der Waals surface area contributed by atoms with Gasteiger partial charge in [-0.05, 0) is 18.2 Å². The predicted octanol–water partition coefficient (Wildman–Crippen LogP) is 1.69. The van der Waals surface area contributed by atoms with Crippen LogP contribution in [-0.4, -0.2) is 9.78 Å². The molecule has 0 saturated heterocycles. The van der Waals surface area contributed by atoms with Crippen molar-refractivity contribution in [3.63, 3.8) is 0 Å². The van der Waals surface area contributed by atoms with E-state index in [1.165, 1.54) is 0 Å². The zero-order valence-electron chi connectivity index (χ0n) is 7.31. The minimum absolute atomic E-state index is 0.391. The van der Waals surface area contributed by atoms with Gasteiger partial charge < -0.3 is 11.5 Å². The summed E-state index contributed by atoms with van der Waals surface area (Å²) in [5.74, 6) is 0.882. The number of halogens is 1.